The van der Waals surface area contributed by atoms with E-state index in [2.05, 4.69) is 5.32 Å². The Hall–Kier alpha value is -1.46. The molecule has 0 spiro atoms. The summed E-state index contributed by atoms with van der Waals surface area (Å²) in [6, 6.07) is 5.34. The molecule has 6 heteroatoms. The van der Waals surface area contributed by atoms with E-state index in [0.29, 0.717) is 17.1 Å². The highest BCUT2D eigenvalue weighted by molar-refractivity contribution is 5.95. The molecule has 98 valence electrons. The fourth-order valence-electron chi connectivity index (χ4n) is 2.08. The lowest BCUT2D eigenvalue weighted by Crippen LogP contribution is -2.46. The molecule has 0 saturated carbocycles. The Morgan fingerprint density at radius 3 is 2.67 bits per heavy atom. The van der Waals surface area contributed by atoms with Gasteiger partial charge in [-0.05, 0) is 18.2 Å². The number of rotatable bonds is 1. The van der Waals surface area contributed by atoms with Crippen molar-refractivity contribution in [3.8, 4) is 11.5 Å². The van der Waals surface area contributed by atoms with E-state index in [4.69, 9.17) is 9.47 Å². The van der Waals surface area contributed by atoms with Crippen LogP contribution in [0.3, 0.4) is 0 Å². The molecule has 1 aromatic rings. The van der Waals surface area contributed by atoms with Gasteiger partial charge in [-0.2, -0.15) is 0 Å². The normalized spacial score (nSPS) is 17.2. The predicted octanol–water partition coefficient (Wildman–Crippen LogP) is 0.882. The van der Waals surface area contributed by atoms with Crippen molar-refractivity contribution in [3.05, 3.63) is 23.8 Å². The van der Waals surface area contributed by atoms with Crippen molar-refractivity contribution < 1.29 is 14.3 Å². The van der Waals surface area contributed by atoms with E-state index < -0.39 is 0 Å². The molecule has 1 fully saturated rings. The van der Waals surface area contributed by atoms with Gasteiger partial charge in [0.15, 0.2) is 11.5 Å². The summed E-state index contributed by atoms with van der Waals surface area (Å²) < 4.78 is 10.5. The number of carbonyl (C=O) groups is 1. The van der Waals surface area contributed by atoms with Gasteiger partial charge in [0, 0.05) is 31.7 Å². The summed E-state index contributed by atoms with van der Waals surface area (Å²) in [5.41, 5.74) is 0.663. The number of nitrogens with one attached hydrogen (secondary N) is 1. The van der Waals surface area contributed by atoms with Crippen LogP contribution in [0.2, 0.25) is 0 Å². The van der Waals surface area contributed by atoms with E-state index in [0.717, 1.165) is 26.2 Å². The van der Waals surface area contributed by atoms with Crippen LogP contribution in [0.1, 0.15) is 10.4 Å². The highest BCUT2D eigenvalue weighted by atomic mass is 35.5. The molecule has 1 N–H and O–H groups in total. The Balaban J connectivity index is 0.00000120. The van der Waals surface area contributed by atoms with Crippen molar-refractivity contribution in [3.63, 3.8) is 0 Å². The van der Waals surface area contributed by atoms with Crippen molar-refractivity contribution >= 4 is 18.3 Å². The lowest BCUT2D eigenvalue weighted by Gasteiger charge is -2.27. The number of carbonyl (C=O) groups excluding carboxylic acids is 1. The fraction of sp³-hybridized carbons (Fsp3) is 0.417. The molecule has 3 rings (SSSR count). The van der Waals surface area contributed by atoms with Crippen molar-refractivity contribution in [2.24, 2.45) is 0 Å². The van der Waals surface area contributed by atoms with E-state index in [1.165, 1.54) is 0 Å². The molecular formula is C12H15ClN2O3. The first-order valence-electron chi connectivity index (χ1n) is 5.74. The van der Waals surface area contributed by atoms with Crippen LogP contribution in [0.4, 0.5) is 0 Å². The topological polar surface area (TPSA) is 50.8 Å². The van der Waals surface area contributed by atoms with Gasteiger partial charge < -0.3 is 19.7 Å². The molecular weight excluding hydrogens is 256 g/mol. The zero-order chi connectivity index (χ0) is 11.7. The van der Waals surface area contributed by atoms with Gasteiger partial charge in [0.2, 0.25) is 6.79 Å². The third-order valence-electron chi connectivity index (χ3n) is 3.02. The lowest BCUT2D eigenvalue weighted by atomic mass is 10.1. The van der Waals surface area contributed by atoms with Crippen LogP contribution in [0.25, 0.3) is 0 Å². The molecule has 0 atom stereocenters. The van der Waals surface area contributed by atoms with E-state index in [1.54, 1.807) is 18.2 Å². The summed E-state index contributed by atoms with van der Waals surface area (Å²) in [6.45, 7) is 3.47. The third-order valence-corrected chi connectivity index (χ3v) is 3.02. The Labute approximate surface area is 111 Å². The Morgan fingerprint density at radius 2 is 1.89 bits per heavy atom. The number of nitrogens with zero attached hydrogens (tertiary/aromatic N) is 1. The van der Waals surface area contributed by atoms with Crippen LogP contribution in [-0.2, 0) is 0 Å². The third kappa shape index (κ3) is 2.37. The lowest BCUT2D eigenvalue weighted by molar-refractivity contribution is 0.0735. The second-order valence-corrected chi connectivity index (χ2v) is 4.11. The Morgan fingerprint density at radius 1 is 1.17 bits per heavy atom. The average Bonchev–Trinajstić information content (AvgIpc) is 2.86. The summed E-state index contributed by atoms with van der Waals surface area (Å²) >= 11 is 0. The van der Waals surface area contributed by atoms with Gasteiger partial charge in [-0.3, -0.25) is 4.79 Å². The summed E-state index contributed by atoms with van der Waals surface area (Å²) in [4.78, 5) is 14.1. The minimum atomic E-state index is 0. The molecule has 2 aliphatic heterocycles. The SMILES string of the molecule is Cl.O=C(c1ccc2c(c1)OCO2)N1CCNCC1. The molecule has 0 aromatic heterocycles. The quantitative estimate of drug-likeness (QED) is 0.823. The molecule has 5 nitrogen and oxygen atoms in total. The number of ether oxygens (including phenoxy) is 2. The van der Waals surface area contributed by atoms with Gasteiger partial charge in [0.05, 0.1) is 0 Å². The molecule has 1 amide bonds. The first-order chi connectivity index (χ1) is 8.34. The van der Waals surface area contributed by atoms with Crippen LogP contribution in [0, 0.1) is 0 Å². The standard InChI is InChI=1S/C12H14N2O3.ClH/c15-12(14-5-3-13-4-6-14)9-1-2-10-11(7-9)17-8-16-10;/h1-2,7,13H,3-6,8H2;1H. The molecule has 1 saturated heterocycles. The minimum absolute atomic E-state index is 0. The number of amides is 1. The van der Waals surface area contributed by atoms with E-state index in [1.807, 2.05) is 4.90 Å². The van der Waals surface area contributed by atoms with E-state index in [-0.39, 0.29) is 25.1 Å². The molecule has 18 heavy (non-hydrogen) atoms. The second kappa shape index (κ2) is 5.46. The molecule has 0 aliphatic carbocycles. The van der Waals surface area contributed by atoms with Crippen molar-refractivity contribution in [1.29, 1.82) is 0 Å². The fourth-order valence-corrected chi connectivity index (χ4v) is 2.08. The van der Waals surface area contributed by atoms with Crippen molar-refractivity contribution in [1.82, 2.24) is 10.2 Å². The van der Waals surface area contributed by atoms with Crippen molar-refractivity contribution in [2.75, 3.05) is 33.0 Å². The molecule has 2 heterocycles. The van der Waals surface area contributed by atoms with Gasteiger partial charge in [0.1, 0.15) is 0 Å². The number of halogens is 1. The maximum absolute atomic E-state index is 12.2. The van der Waals surface area contributed by atoms with Crippen molar-refractivity contribution in [2.45, 2.75) is 0 Å². The monoisotopic (exact) mass is 270 g/mol. The zero-order valence-corrected chi connectivity index (χ0v) is 10.7. The average molecular weight is 271 g/mol. The predicted molar refractivity (Wildman–Crippen MR) is 68.6 cm³/mol. The Kier molecular flexibility index (Phi) is 3.93. The Bertz CT molecular complexity index is 447. The number of fused-ring (bicyclic) bond motifs is 1. The molecule has 0 bridgehead atoms. The largest absolute Gasteiger partial charge is 0.454 e. The van der Waals surface area contributed by atoms with Gasteiger partial charge in [-0.25, -0.2) is 0 Å². The van der Waals surface area contributed by atoms with Crippen LogP contribution >= 0.6 is 12.4 Å². The van der Waals surface area contributed by atoms with Crippen LogP contribution in [0.15, 0.2) is 18.2 Å². The smallest absolute Gasteiger partial charge is 0.254 e. The summed E-state index contributed by atoms with van der Waals surface area (Å²) in [5, 5.41) is 3.22. The number of piperazine rings is 1. The van der Waals surface area contributed by atoms with Crippen LogP contribution in [0.5, 0.6) is 11.5 Å². The van der Waals surface area contributed by atoms with Gasteiger partial charge in [-0.15, -0.1) is 12.4 Å². The van der Waals surface area contributed by atoms with Crippen LogP contribution < -0.4 is 14.8 Å². The summed E-state index contributed by atoms with van der Waals surface area (Å²) in [6.07, 6.45) is 0. The number of hydrogen-bond acceptors (Lipinski definition) is 4. The molecule has 0 unspecified atom stereocenters. The molecule has 0 radical (unpaired) electrons. The first-order valence-corrected chi connectivity index (χ1v) is 5.74. The van der Waals surface area contributed by atoms with E-state index in [9.17, 15) is 4.79 Å². The highest BCUT2D eigenvalue weighted by Gasteiger charge is 2.21. The van der Waals surface area contributed by atoms with Crippen LogP contribution in [-0.4, -0.2) is 43.8 Å². The zero-order valence-electron chi connectivity index (χ0n) is 9.85. The summed E-state index contributed by atoms with van der Waals surface area (Å²) in [7, 11) is 0. The van der Waals surface area contributed by atoms with Gasteiger partial charge >= 0.3 is 0 Å². The van der Waals surface area contributed by atoms with E-state index >= 15 is 0 Å². The molecule has 1 aromatic carbocycles. The van der Waals surface area contributed by atoms with Gasteiger partial charge in [0.25, 0.3) is 5.91 Å². The highest BCUT2D eigenvalue weighted by Crippen LogP contribution is 2.32. The van der Waals surface area contributed by atoms with Gasteiger partial charge in [-0.1, -0.05) is 0 Å². The minimum Gasteiger partial charge on any atom is -0.454 e. The maximum Gasteiger partial charge on any atom is 0.254 e. The summed E-state index contributed by atoms with van der Waals surface area (Å²) in [5.74, 6) is 1.43. The number of benzene rings is 1. The molecule has 2 aliphatic rings. The second-order valence-electron chi connectivity index (χ2n) is 4.11. The maximum atomic E-state index is 12.2. The first kappa shape index (κ1) is 13.0. The number of hydrogen-bond donors (Lipinski definition) is 1.